The quantitative estimate of drug-likeness (QED) is 0.397. The fraction of sp³-hybridized carbons (Fsp3) is 0.903. The van der Waals surface area contributed by atoms with E-state index in [2.05, 4.69) is 46.4 Å². The predicted molar refractivity (Wildman–Crippen MR) is 138 cm³/mol. The highest BCUT2D eigenvalue weighted by atomic mass is 16.5. The summed E-state index contributed by atoms with van der Waals surface area (Å²) in [6.07, 6.45) is 12.2. The van der Waals surface area contributed by atoms with Gasteiger partial charge in [0, 0.05) is 37.4 Å². The first kappa shape index (κ1) is 23.7. The zero-order valence-corrected chi connectivity index (χ0v) is 22.7. The van der Waals surface area contributed by atoms with Crippen LogP contribution in [0.3, 0.4) is 0 Å². The fourth-order valence-corrected chi connectivity index (χ4v) is 10.5. The molecule has 0 aromatic carbocycles. The highest BCUT2D eigenvalue weighted by Gasteiger charge is 2.60. The minimum absolute atomic E-state index is 0.0435. The highest BCUT2D eigenvalue weighted by molar-refractivity contribution is 5.79. The molecule has 1 unspecified atom stereocenters. The van der Waals surface area contributed by atoms with Crippen molar-refractivity contribution in [2.45, 2.75) is 130 Å². The van der Waals surface area contributed by atoms with Crippen LogP contribution < -0.4 is 0 Å². The topological polar surface area (TPSA) is 29.5 Å². The number of rotatable bonds is 1. The Kier molecular flexibility index (Phi) is 5.70. The van der Waals surface area contributed by atoms with Gasteiger partial charge in [-0.2, -0.15) is 0 Å². The number of ether oxygens (including phenoxy) is 1. The van der Waals surface area contributed by atoms with Crippen molar-refractivity contribution in [1.29, 1.82) is 0 Å². The van der Waals surface area contributed by atoms with E-state index in [1.165, 1.54) is 45.1 Å². The summed E-state index contributed by atoms with van der Waals surface area (Å²) < 4.78 is 7.21. The second kappa shape index (κ2) is 8.17. The van der Waals surface area contributed by atoms with Crippen LogP contribution in [-0.2, 0) is 9.53 Å². The average Bonchev–Trinajstić information content (AvgIpc) is 3.24. The molecule has 5 fully saturated rings. The Bertz CT molecular complexity index is 877. The molecule has 0 aromatic heterocycles. The first-order valence-corrected chi connectivity index (χ1v) is 14.8. The number of carbonyl (C=O) groups is 1. The molecule has 2 heterocycles. The number of carbonyl (C=O) groups excluding carboxylic acids is 1. The molecule has 34 heavy (non-hydrogen) atoms. The van der Waals surface area contributed by atoms with E-state index in [1.807, 2.05) is 5.57 Å². The molecule has 190 valence electrons. The van der Waals surface area contributed by atoms with Crippen molar-refractivity contribution in [2.24, 2.45) is 40.9 Å². The molecule has 0 amide bonds. The van der Waals surface area contributed by atoms with Gasteiger partial charge in [0.1, 0.15) is 5.78 Å². The molecule has 1 spiro atoms. The number of likely N-dealkylation sites (tertiary alicyclic amines) is 1. The number of Topliss-reactive ketones (excluding diaryl/α,β-unsaturated/α-hetero) is 1. The Labute approximate surface area is 208 Å². The maximum absolute atomic E-state index is 12.2. The Morgan fingerprint density at radius 1 is 1.09 bits per heavy atom. The molecule has 3 saturated carbocycles. The summed E-state index contributed by atoms with van der Waals surface area (Å²) >= 11 is 0. The van der Waals surface area contributed by atoms with Gasteiger partial charge in [-0.15, -0.1) is 0 Å². The van der Waals surface area contributed by atoms with Gasteiger partial charge in [-0.05, 0) is 107 Å². The summed E-state index contributed by atoms with van der Waals surface area (Å²) in [5, 5.41) is 0. The van der Waals surface area contributed by atoms with Gasteiger partial charge in [-0.1, -0.05) is 31.9 Å². The van der Waals surface area contributed by atoms with Gasteiger partial charge in [-0.25, -0.2) is 0 Å². The summed E-state index contributed by atoms with van der Waals surface area (Å²) in [5.41, 5.74) is 3.94. The monoisotopic (exact) mass is 467 g/mol. The number of nitrogens with zero attached hydrogens (tertiary/aromatic N) is 1. The third-order valence-electron chi connectivity index (χ3n) is 12.3. The van der Waals surface area contributed by atoms with Crippen LogP contribution in [0.4, 0.5) is 0 Å². The maximum atomic E-state index is 12.2. The molecule has 0 radical (unpaired) electrons. The number of allylic oxidation sites excluding steroid dienone is 1. The number of ketones is 1. The number of piperidine rings is 1. The lowest BCUT2D eigenvalue weighted by atomic mass is 9.52. The van der Waals surface area contributed by atoms with Crippen molar-refractivity contribution in [1.82, 2.24) is 4.90 Å². The summed E-state index contributed by atoms with van der Waals surface area (Å²) in [7, 11) is 0. The zero-order valence-electron chi connectivity index (χ0n) is 22.7. The highest BCUT2D eigenvalue weighted by Crippen LogP contribution is 2.65. The molecule has 3 heteroatoms. The second-order valence-corrected chi connectivity index (χ2v) is 14.3. The summed E-state index contributed by atoms with van der Waals surface area (Å²) in [5.74, 6) is 4.95. The van der Waals surface area contributed by atoms with Crippen LogP contribution in [0.15, 0.2) is 11.1 Å². The largest absolute Gasteiger partial charge is 0.369 e. The SMILES string of the molecule is CC1=C2C[C@H]3C(CC[C@@H]4CC(=O)CC[C@@]43C)[C@@H]2CC[C@@]2(C1)O[C@@H]1C[C@H](C)CN(C(C)C)[C@H]1[C@H]2C. The van der Waals surface area contributed by atoms with Crippen molar-refractivity contribution < 1.29 is 9.53 Å². The molecule has 6 aliphatic rings. The standard InChI is InChI=1S/C31H49NO2/c1-18(2)32-17-19(3)13-28-29(32)21(5)31(34-28)12-10-24-25-8-7-22-14-23(33)9-11-30(22,6)27(25)15-26(24)20(4)16-31/h18-19,21-22,24-25,27-29H,7-17H2,1-6H3/t19-,21+,22+,24-,25?,27-,28+,29-,30-,31-/m0/s1. The van der Waals surface area contributed by atoms with Crippen LogP contribution in [0.2, 0.25) is 0 Å². The third kappa shape index (κ3) is 3.38. The van der Waals surface area contributed by atoms with E-state index >= 15 is 0 Å². The van der Waals surface area contributed by atoms with E-state index < -0.39 is 0 Å². The molecule has 0 bridgehead atoms. The van der Waals surface area contributed by atoms with Gasteiger partial charge in [0.15, 0.2) is 0 Å². The van der Waals surface area contributed by atoms with Crippen molar-refractivity contribution in [3.05, 3.63) is 11.1 Å². The maximum Gasteiger partial charge on any atom is 0.133 e. The van der Waals surface area contributed by atoms with Crippen LogP contribution in [0, 0.1) is 40.9 Å². The Morgan fingerprint density at radius 3 is 2.65 bits per heavy atom. The molecule has 10 atom stereocenters. The minimum Gasteiger partial charge on any atom is -0.369 e. The minimum atomic E-state index is 0.0435. The van der Waals surface area contributed by atoms with Gasteiger partial charge >= 0.3 is 0 Å². The normalized spacial score (nSPS) is 51.3. The smallest absolute Gasteiger partial charge is 0.133 e. The molecule has 3 nitrogen and oxygen atoms in total. The Morgan fingerprint density at radius 2 is 1.88 bits per heavy atom. The number of fused-ring (bicyclic) bond motifs is 6. The molecule has 2 aliphatic heterocycles. The molecule has 0 aromatic rings. The Balaban J connectivity index is 1.28. The van der Waals surface area contributed by atoms with Crippen molar-refractivity contribution >= 4 is 5.78 Å². The lowest BCUT2D eigenvalue weighted by Crippen LogP contribution is -2.54. The average molecular weight is 468 g/mol. The molecule has 6 rings (SSSR count). The van der Waals surface area contributed by atoms with Crippen LogP contribution >= 0.6 is 0 Å². The lowest BCUT2D eigenvalue weighted by Gasteiger charge is -2.52. The van der Waals surface area contributed by atoms with Gasteiger partial charge < -0.3 is 4.74 Å². The van der Waals surface area contributed by atoms with Crippen LogP contribution in [0.1, 0.15) is 106 Å². The Hall–Kier alpha value is -0.670. The zero-order chi connectivity index (χ0) is 24.0. The first-order chi connectivity index (χ1) is 16.1. The van der Waals surface area contributed by atoms with E-state index in [0.717, 1.165) is 49.4 Å². The van der Waals surface area contributed by atoms with Crippen LogP contribution in [0.25, 0.3) is 0 Å². The predicted octanol–water partition coefficient (Wildman–Crippen LogP) is 6.80. The van der Waals surface area contributed by atoms with Crippen molar-refractivity contribution in [3.8, 4) is 0 Å². The van der Waals surface area contributed by atoms with Crippen LogP contribution in [-0.4, -0.2) is 41.0 Å². The molecular weight excluding hydrogens is 418 g/mol. The van der Waals surface area contributed by atoms with E-state index in [-0.39, 0.29) is 5.60 Å². The van der Waals surface area contributed by atoms with E-state index in [1.54, 1.807) is 5.57 Å². The van der Waals surface area contributed by atoms with Gasteiger partial charge in [0.05, 0.1) is 11.7 Å². The molecule has 4 aliphatic carbocycles. The second-order valence-electron chi connectivity index (χ2n) is 14.3. The molecular formula is C31H49NO2. The van der Waals surface area contributed by atoms with Gasteiger partial charge in [0.2, 0.25) is 0 Å². The third-order valence-corrected chi connectivity index (χ3v) is 12.3. The van der Waals surface area contributed by atoms with Gasteiger partial charge in [-0.3, -0.25) is 9.69 Å². The molecule has 0 N–H and O–H groups in total. The lowest BCUT2D eigenvalue weighted by molar-refractivity contribution is -0.129. The summed E-state index contributed by atoms with van der Waals surface area (Å²) in [4.78, 5) is 15.0. The summed E-state index contributed by atoms with van der Waals surface area (Å²) in [6, 6.07) is 1.19. The van der Waals surface area contributed by atoms with E-state index in [4.69, 9.17) is 4.74 Å². The van der Waals surface area contributed by atoms with E-state index in [0.29, 0.717) is 41.2 Å². The fourth-order valence-electron chi connectivity index (χ4n) is 10.5. The van der Waals surface area contributed by atoms with Crippen molar-refractivity contribution in [2.75, 3.05) is 6.54 Å². The van der Waals surface area contributed by atoms with Crippen molar-refractivity contribution in [3.63, 3.8) is 0 Å². The number of hydrogen-bond acceptors (Lipinski definition) is 3. The molecule has 2 saturated heterocycles. The van der Waals surface area contributed by atoms with Gasteiger partial charge in [0.25, 0.3) is 0 Å². The first-order valence-electron chi connectivity index (χ1n) is 14.8. The van der Waals surface area contributed by atoms with E-state index in [9.17, 15) is 4.79 Å². The summed E-state index contributed by atoms with van der Waals surface area (Å²) in [6.45, 7) is 16.0. The van der Waals surface area contributed by atoms with Crippen LogP contribution in [0.5, 0.6) is 0 Å². The number of hydrogen-bond donors (Lipinski definition) is 0.